The van der Waals surface area contributed by atoms with Crippen LogP contribution in [-0.4, -0.2) is 48.6 Å². The van der Waals surface area contributed by atoms with E-state index in [9.17, 15) is 13.5 Å². The molecule has 0 aromatic carbocycles. The summed E-state index contributed by atoms with van der Waals surface area (Å²) in [6, 6.07) is 3.26. The molecule has 3 rings (SSSR count). The normalized spacial score (nSPS) is 21.6. The Kier molecular flexibility index (Phi) is 5.18. The van der Waals surface area contributed by atoms with Crippen LogP contribution in [-0.2, 0) is 10.0 Å². The van der Waals surface area contributed by atoms with E-state index in [-0.39, 0.29) is 11.0 Å². The molecule has 6 nitrogen and oxygen atoms in total. The third-order valence-corrected chi connectivity index (χ3v) is 6.76. The van der Waals surface area contributed by atoms with E-state index in [1.54, 1.807) is 12.1 Å². The van der Waals surface area contributed by atoms with E-state index in [1.807, 2.05) is 0 Å². The molecule has 2 heterocycles. The first-order valence-corrected chi connectivity index (χ1v) is 9.89. The van der Waals surface area contributed by atoms with Crippen LogP contribution in [0.4, 0.5) is 5.82 Å². The molecule has 128 valence electrons. The number of pyridine rings is 1. The highest BCUT2D eigenvalue weighted by molar-refractivity contribution is 7.89. The molecule has 2 fully saturated rings. The average molecular weight is 339 g/mol. The zero-order valence-corrected chi connectivity index (χ0v) is 14.1. The molecular formula is C16H25N3O3S. The Morgan fingerprint density at radius 3 is 2.52 bits per heavy atom. The van der Waals surface area contributed by atoms with Crippen molar-refractivity contribution in [3.8, 4) is 0 Å². The van der Waals surface area contributed by atoms with Crippen LogP contribution in [0.1, 0.15) is 38.5 Å². The zero-order valence-electron chi connectivity index (χ0n) is 13.3. The predicted molar refractivity (Wildman–Crippen MR) is 88.7 cm³/mol. The molecule has 1 unspecified atom stereocenters. The molecule has 1 aromatic heterocycles. The molecule has 2 N–H and O–H groups in total. The lowest BCUT2D eigenvalue weighted by Crippen LogP contribution is -2.28. The lowest BCUT2D eigenvalue weighted by molar-refractivity contribution is 0.122. The maximum absolute atomic E-state index is 12.4. The summed E-state index contributed by atoms with van der Waals surface area (Å²) in [5.74, 6) is 0.972. The number of nitrogens with one attached hydrogen (secondary N) is 1. The van der Waals surface area contributed by atoms with Gasteiger partial charge in [-0.15, -0.1) is 0 Å². The average Bonchev–Trinajstić information content (AvgIpc) is 3.25. The molecule has 1 aliphatic carbocycles. The lowest BCUT2D eigenvalue weighted by Gasteiger charge is -2.18. The van der Waals surface area contributed by atoms with Crippen molar-refractivity contribution in [2.24, 2.45) is 5.92 Å². The number of hydrogen-bond donors (Lipinski definition) is 2. The van der Waals surface area contributed by atoms with Gasteiger partial charge in [0.25, 0.3) is 0 Å². The van der Waals surface area contributed by atoms with Gasteiger partial charge in [-0.2, -0.15) is 4.31 Å². The highest BCUT2D eigenvalue weighted by Gasteiger charge is 2.27. The first kappa shape index (κ1) is 16.7. The maximum atomic E-state index is 12.4. The van der Waals surface area contributed by atoms with Crippen LogP contribution in [0.2, 0.25) is 0 Å². The Bertz CT molecular complexity index is 606. The zero-order chi connectivity index (χ0) is 16.3. The van der Waals surface area contributed by atoms with E-state index in [4.69, 9.17) is 0 Å². The van der Waals surface area contributed by atoms with Crippen LogP contribution in [0, 0.1) is 5.92 Å². The van der Waals surface area contributed by atoms with Crippen molar-refractivity contribution in [3.05, 3.63) is 18.3 Å². The topological polar surface area (TPSA) is 82.5 Å². The number of aromatic nitrogens is 1. The van der Waals surface area contributed by atoms with Crippen molar-refractivity contribution in [2.45, 2.75) is 49.5 Å². The summed E-state index contributed by atoms with van der Waals surface area (Å²) in [6.45, 7) is 1.64. The third kappa shape index (κ3) is 3.84. The second-order valence-corrected chi connectivity index (χ2v) is 8.42. The van der Waals surface area contributed by atoms with Gasteiger partial charge in [0.1, 0.15) is 10.7 Å². The van der Waals surface area contributed by atoms with Crippen molar-refractivity contribution in [3.63, 3.8) is 0 Å². The Hall–Kier alpha value is -1.18. The van der Waals surface area contributed by atoms with Crippen LogP contribution in [0.3, 0.4) is 0 Å². The molecule has 1 saturated carbocycles. The molecule has 23 heavy (non-hydrogen) atoms. The van der Waals surface area contributed by atoms with Crippen LogP contribution >= 0.6 is 0 Å². The molecule has 2 aliphatic rings. The maximum Gasteiger partial charge on any atom is 0.244 e. The molecule has 1 atom stereocenters. The number of rotatable bonds is 6. The third-order valence-electron chi connectivity index (χ3n) is 4.88. The molecule has 0 bridgehead atoms. The lowest BCUT2D eigenvalue weighted by atomic mass is 10.0. The van der Waals surface area contributed by atoms with Crippen LogP contribution in [0.5, 0.6) is 0 Å². The molecule has 0 spiro atoms. The summed E-state index contributed by atoms with van der Waals surface area (Å²) in [5, 5.41) is 13.2. The van der Waals surface area contributed by atoms with Crippen molar-refractivity contribution >= 4 is 15.8 Å². The number of aliphatic hydroxyl groups is 1. The second-order valence-electron chi connectivity index (χ2n) is 6.48. The Morgan fingerprint density at radius 2 is 1.91 bits per heavy atom. The Morgan fingerprint density at radius 1 is 1.22 bits per heavy atom. The van der Waals surface area contributed by atoms with E-state index < -0.39 is 10.0 Å². The molecule has 0 radical (unpaired) electrons. The van der Waals surface area contributed by atoms with Crippen LogP contribution in [0.15, 0.2) is 23.2 Å². The predicted octanol–water partition coefficient (Wildman–Crippen LogP) is 1.83. The van der Waals surface area contributed by atoms with Gasteiger partial charge in [-0.1, -0.05) is 12.8 Å². The molecule has 1 aliphatic heterocycles. The van der Waals surface area contributed by atoms with Gasteiger partial charge < -0.3 is 10.4 Å². The highest BCUT2D eigenvalue weighted by Crippen LogP contribution is 2.28. The van der Waals surface area contributed by atoms with E-state index >= 15 is 0 Å². The van der Waals surface area contributed by atoms with Gasteiger partial charge in [-0.05, 0) is 43.7 Å². The summed E-state index contributed by atoms with van der Waals surface area (Å²) in [7, 11) is -3.41. The summed E-state index contributed by atoms with van der Waals surface area (Å²) in [5.41, 5.74) is 0. The van der Waals surface area contributed by atoms with E-state index in [2.05, 4.69) is 10.3 Å². The fourth-order valence-corrected chi connectivity index (χ4v) is 4.90. The number of nitrogens with zero attached hydrogens (tertiary/aromatic N) is 2. The second kappa shape index (κ2) is 7.15. The first-order valence-electron chi connectivity index (χ1n) is 8.45. The van der Waals surface area contributed by atoms with E-state index in [0.717, 1.165) is 25.7 Å². The van der Waals surface area contributed by atoms with Crippen molar-refractivity contribution < 1.29 is 13.5 Å². The number of hydrogen-bond acceptors (Lipinski definition) is 5. The fraction of sp³-hybridized carbons (Fsp3) is 0.688. The Labute approximate surface area is 138 Å². The minimum atomic E-state index is -3.41. The fourth-order valence-electron chi connectivity index (χ4n) is 3.43. The summed E-state index contributed by atoms with van der Waals surface area (Å²) >= 11 is 0. The van der Waals surface area contributed by atoms with Gasteiger partial charge in [0.2, 0.25) is 10.0 Å². The van der Waals surface area contributed by atoms with Gasteiger partial charge in [0, 0.05) is 25.8 Å². The van der Waals surface area contributed by atoms with Gasteiger partial charge in [-0.25, -0.2) is 13.4 Å². The first-order chi connectivity index (χ1) is 11.1. The standard InChI is InChI=1S/C16H25N3O3S/c20-15(13-5-1-2-6-13)12-18-16-8-7-14(11-17-16)23(21,22)19-9-3-4-10-19/h7-8,11,13,15,20H,1-6,9-10,12H2,(H,17,18). The van der Waals surface area contributed by atoms with Crippen LogP contribution < -0.4 is 5.32 Å². The molecule has 7 heteroatoms. The minimum absolute atomic E-state index is 0.237. The van der Waals surface area contributed by atoms with Crippen molar-refractivity contribution in [1.82, 2.24) is 9.29 Å². The monoisotopic (exact) mass is 339 g/mol. The number of anilines is 1. The summed E-state index contributed by atoms with van der Waals surface area (Å²) < 4.78 is 26.3. The minimum Gasteiger partial charge on any atom is -0.391 e. The van der Waals surface area contributed by atoms with Gasteiger partial charge >= 0.3 is 0 Å². The number of aliphatic hydroxyl groups excluding tert-OH is 1. The number of sulfonamides is 1. The quantitative estimate of drug-likeness (QED) is 0.826. The molecule has 1 aromatic rings. The summed E-state index contributed by atoms with van der Waals surface area (Å²) in [6.07, 6.45) is 7.44. The summed E-state index contributed by atoms with van der Waals surface area (Å²) in [4.78, 5) is 4.42. The molecule has 0 amide bonds. The Balaban J connectivity index is 1.58. The van der Waals surface area contributed by atoms with Gasteiger partial charge in [-0.3, -0.25) is 0 Å². The van der Waals surface area contributed by atoms with E-state index in [0.29, 0.717) is 31.4 Å². The molecular weight excluding hydrogens is 314 g/mol. The largest absolute Gasteiger partial charge is 0.391 e. The van der Waals surface area contributed by atoms with Crippen molar-refractivity contribution in [1.29, 1.82) is 0 Å². The van der Waals surface area contributed by atoms with Gasteiger partial charge in [0.05, 0.1) is 6.10 Å². The molecule has 1 saturated heterocycles. The van der Waals surface area contributed by atoms with Gasteiger partial charge in [0.15, 0.2) is 0 Å². The smallest absolute Gasteiger partial charge is 0.244 e. The van der Waals surface area contributed by atoms with Crippen molar-refractivity contribution in [2.75, 3.05) is 25.0 Å². The van der Waals surface area contributed by atoms with E-state index in [1.165, 1.54) is 23.3 Å². The highest BCUT2D eigenvalue weighted by atomic mass is 32.2. The SMILES string of the molecule is O=S(=O)(c1ccc(NCC(O)C2CCCC2)nc1)N1CCCC1. The van der Waals surface area contributed by atoms with Crippen LogP contribution in [0.25, 0.3) is 0 Å².